The van der Waals surface area contributed by atoms with Crippen LogP contribution >= 0.6 is 0 Å². The Kier molecular flexibility index (Phi) is 7.23. The number of amides is 4. The van der Waals surface area contributed by atoms with Gasteiger partial charge in [-0.2, -0.15) is 0 Å². The molecule has 0 unspecified atom stereocenters. The Morgan fingerprint density at radius 2 is 1.94 bits per heavy atom. The van der Waals surface area contributed by atoms with Crippen LogP contribution in [0.5, 0.6) is 0 Å². The monoisotopic (exact) mass is 441 g/mol. The molecule has 174 valence electrons. The lowest BCUT2D eigenvalue weighted by atomic mass is 10.0. The standard InChI is InChI=1S/C24H35N5O3/c1-6-7-12-25-21(30)20-17(11-13-28(4)5)18-15-16(8-9-19(18)26-20)10-14-29-22(31)24(2,3)27-23(29)32/h8-9,15,26H,6-7,10-14H2,1-5H3,(H,25,30)(H,27,32). The largest absolute Gasteiger partial charge is 0.351 e. The van der Waals surface area contributed by atoms with E-state index in [2.05, 4.69) is 33.5 Å². The predicted octanol–water partition coefficient (Wildman–Crippen LogP) is 2.67. The summed E-state index contributed by atoms with van der Waals surface area (Å²) in [6, 6.07) is 5.68. The van der Waals surface area contributed by atoms with Gasteiger partial charge in [0.1, 0.15) is 11.2 Å². The maximum atomic E-state index is 12.8. The van der Waals surface area contributed by atoms with Crippen LogP contribution in [-0.2, 0) is 17.6 Å². The molecule has 0 spiro atoms. The smallest absolute Gasteiger partial charge is 0.325 e. The number of urea groups is 1. The second kappa shape index (κ2) is 9.73. The first kappa shape index (κ1) is 23.8. The van der Waals surface area contributed by atoms with Crippen LogP contribution in [0.1, 0.15) is 55.2 Å². The van der Waals surface area contributed by atoms with Gasteiger partial charge in [0.15, 0.2) is 0 Å². The van der Waals surface area contributed by atoms with Crippen LogP contribution in [0.3, 0.4) is 0 Å². The number of fused-ring (bicyclic) bond motifs is 1. The van der Waals surface area contributed by atoms with Gasteiger partial charge in [0.25, 0.3) is 11.8 Å². The van der Waals surface area contributed by atoms with E-state index in [1.54, 1.807) is 13.8 Å². The Morgan fingerprint density at radius 3 is 2.56 bits per heavy atom. The molecule has 1 saturated heterocycles. The van der Waals surface area contributed by atoms with Crippen molar-refractivity contribution in [3.05, 3.63) is 35.0 Å². The average Bonchev–Trinajstić information content (AvgIpc) is 3.18. The van der Waals surface area contributed by atoms with Gasteiger partial charge in [-0.25, -0.2) is 4.79 Å². The fourth-order valence-electron chi connectivity index (χ4n) is 3.97. The number of nitrogens with zero attached hydrogens (tertiary/aromatic N) is 2. The number of unbranched alkanes of at least 4 members (excludes halogenated alkanes) is 1. The van der Waals surface area contributed by atoms with Crippen LogP contribution in [0, 0.1) is 0 Å². The van der Waals surface area contributed by atoms with E-state index in [-0.39, 0.29) is 17.8 Å². The number of carbonyl (C=O) groups excluding carboxylic acids is 3. The number of H-pyrrole nitrogens is 1. The molecule has 1 aromatic heterocycles. The van der Waals surface area contributed by atoms with Gasteiger partial charge in [0, 0.05) is 30.5 Å². The molecule has 0 atom stereocenters. The molecule has 2 aromatic rings. The SMILES string of the molecule is CCCCNC(=O)c1[nH]c2ccc(CCN3C(=O)NC(C)(C)C3=O)cc2c1CCN(C)C. The molecule has 1 aliphatic heterocycles. The van der Waals surface area contributed by atoms with Crippen LogP contribution in [0.4, 0.5) is 4.79 Å². The predicted molar refractivity (Wildman–Crippen MR) is 126 cm³/mol. The Morgan fingerprint density at radius 1 is 1.19 bits per heavy atom. The zero-order chi connectivity index (χ0) is 23.5. The fourth-order valence-corrected chi connectivity index (χ4v) is 3.97. The minimum atomic E-state index is -0.860. The Hall–Kier alpha value is -2.87. The molecule has 2 heterocycles. The molecular weight excluding hydrogens is 406 g/mol. The first-order valence-corrected chi connectivity index (χ1v) is 11.3. The van der Waals surface area contributed by atoms with Crippen molar-refractivity contribution < 1.29 is 14.4 Å². The van der Waals surface area contributed by atoms with Crippen LogP contribution < -0.4 is 10.6 Å². The average molecular weight is 442 g/mol. The van der Waals surface area contributed by atoms with Gasteiger partial charge in [0.05, 0.1) is 0 Å². The number of aromatic amines is 1. The summed E-state index contributed by atoms with van der Waals surface area (Å²) in [6.45, 7) is 7.32. The van der Waals surface area contributed by atoms with Gasteiger partial charge < -0.3 is 20.5 Å². The van der Waals surface area contributed by atoms with Crippen molar-refractivity contribution >= 4 is 28.7 Å². The van der Waals surface area contributed by atoms with E-state index in [0.717, 1.165) is 47.8 Å². The maximum Gasteiger partial charge on any atom is 0.325 e. The molecule has 32 heavy (non-hydrogen) atoms. The highest BCUT2D eigenvalue weighted by molar-refractivity contribution is 6.06. The van der Waals surface area contributed by atoms with E-state index in [1.165, 1.54) is 4.90 Å². The summed E-state index contributed by atoms with van der Waals surface area (Å²) >= 11 is 0. The molecule has 0 aliphatic carbocycles. The van der Waals surface area contributed by atoms with Crippen molar-refractivity contribution in [2.75, 3.05) is 33.7 Å². The normalized spacial score (nSPS) is 15.6. The quantitative estimate of drug-likeness (QED) is 0.390. The van der Waals surface area contributed by atoms with Crippen LogP contribution in [0.15, 0.2) is 18.2 Å². The second-order valence-electron chi connectivity index (χ2n) is 9.28. The topological polar surface area (TPSA) is 97.5 Å². The van der Waals surface area contributed by atoms with Crippen LogP contribution in [0.25, 0.3) is 10.9 Å². The third-order valence-electron chi connectivity index (χ3n) is 5.89. The molecular formula is C24H35N5O3. The lowest BCUT2D eigenvalue weighted by Gasteiger charge is -2.16. The number of carbonyl (C=O) groups is 3. The third-order valence-corrected chi connectivity index (χ3v) is 5.89. The number of imide groups is 1. The molecule has 3 N–H and O–H groups in total. The molecule has 0 saturated carbocycles. The van der Waals surface area contributed by atoms with Crippen LogP contribution in [-0.4, -0.2) is 71.9 Å². The summed E-state index contributed by atoms with van der Waals surface area (Å²) in [7, 11) is 4.03. The van der Waals surface area contributed by atoms with Gasteiger partial charge >= 0.3 is 6.03 Å². The minimum absolute atomic E-state index is 0.0773. The Labute approximate surface area is 189 Å². The Bertz CT molecular complexity index is 1010. The zero-order valence-corrected chi connectivity index (χ0v) is 19.8. The second-order valence-corrected chi connectivity index (χ2v) is 9.28. The first-order valence-electron chi connectivity index (χ1n) is 11.3. The molecule has 3 rings (SSSR count). The fraction of sp³-hybridized carbons (Fsp3) is 0.542. The highest BCUT2D eigenvalue weighted by Gasteiger charge is 2.43. The van der Waals surface area contributed by atoms with E-state index < -0.39 is 5.54 Å². The number of rotatable bonds is 10. The van der Waals surface area contributed by atoms with Crippen LogP contribution in [0.2, 0.25) is 0 Å². The van der Waals surface area contributed by atoms with Gasteiger partial charge in [-0.1, -0.05) is 19.4 Å². The van der Waals surface area contributed by atoms with Gasteiger partial charge in [-0.3, -0.25) is 14.5 Å². The van der Waals surface area contributed by atoms with Crippen molar-refractivity contribution in [1.82, 2.24) is 25.4 Å². The minimum Gasteiger partial charge on any atom is -0.351 e. The third kappa shape index (κ3) is 5.12. The van der Waals surface area contributed by atoms with Crippen molar-refractivity contribution in [2.24, 2.45) is 0 Å². The molecule has 8 heteroatoms. The number of likely N-dealkylation sites (N-methyl/N-ethyl adjacent to an activating group) is 1. The lowest BCUT2D eigenvalue weighted by Crippen LogP contribution is -2.40. The summed E-state index contributed by atoms with van der Waals surface area (Å²) in [5.74, 6) is -0.283. The number of hydrogen-bond acceptors (Lipinski definition) is 4. The lowest BCUT2D eigenvalue weighted by molar-refractivity contribution is -0.130. The molecule has 0 bridgehead atoms. The molecule has 1 aliphatic rings. The van der Waals surface area contributed by atoms with E-state index in [4.69, 9.17) is 0 Å². The summed E-state index contributed by atoms with van der Waals surface area (Å²) in [5, 5.41) is 6.74. The zero-order valence-electron chi connectivity index (χ0n) is 19.8. The summed E-state index contributed by atoms with van der Waals surface area (Å²) in [5.41, 5.74) is 2.69. The van der Waals surface area contributed by atoms with Crippen molar-refractivity contribution in [1.29, 1.82) is 0 Å². The van der Waals surface area contributed by atoms with E-state index >= 15 is 0 Å². The van der Waals surface area contributed by atoms with Gasteiger partial charge in [-0.05, 0) is 70.5 Å². The summed E-state index contributed by atoms with van der Waals surface area (Å²) in [4.78, 5) is 44.1. The first-order chi connectivity index (χ1) is 15.1. The van der Waals surface area contributed by atoms with E-state index in [0.29, 0.717) is 25.2 Å². The van der Waals surface area contributed by atoms with Crippen molar-refractivity contribution in [2.45, 2.75) is 52.0 Å². The number of aromatic nitrogens is 1. The van der Waals surface area contributed by atoms with E-state index in [9.17, 15) is 14.4 Å². The molecule has 0 radical (unpaired) electrons. The summed E-state index contributed by atoms with van der Waals surface area (Å²) in [6.07, 6.45) is 3.27. The number of nitrogens with one attached hydrogen (secondary N) is 3. The number of benzene rings is 1. The Balaban J connectivity index is 1.84. The highest BCUT2D eigenvalue weighted by Crippen LogP contribution is 2.26. The molecule has 8 nitrogen and oxygen atoms in total. The van der Waals surface area contributed by atoms with Gasteiger partial charge in [-0.15, -0.1) is 0 Å². The highest BCUT2D eigenvalue weighted by atomic mass is 16.2. The summed E-state index contributed by atoms with van der Waals surface area (Å²) < 4.78 is 0. The number of hydrogen-bond donors (Lipinski definition) is 3. The van der Waals surface area contributed by atoms with Crippen molar-refractivity contribution in [3.8, 4) is 0 Å². The van der Waals surface area contributed by atoms with E-state index in [1.807, 2.05) is 26.2 Å². The maximum absolute atomic E-state index is 12.8. The molecule has 4 amide bonds. The molecule has 1 fully saturated rings. The van der Waals surface area contributed by atoms with Gasteiger partial charge in [0.2, 0.25) is 0 Å². The molecule has 1 aromatic carbocycles. The van der Waals surface area contributed by atoms with Crippen molar-refractivity contribution in [3.63, 3.8) is 0 Å².